The Bertz CT molecular complexity index is 739. The first-order chi connectivity index (χ1) is 12.6. The third kappa shape index (κ3) is 5.19. The van der Waals surface area contributed by atoms with E-state index in [9.17, 15) is 9.18 Å². The van der Waals surface area contributed by atoms with Crippen LogP contribution in [0.2, 0.25) is 5.02 Å². The number of nitrogens with zero attached hydrogens (tertiary/aromatic N) is 2. The Balaban J connectivity index is 1.47. The lowest BCUT2D eigenvalue weighted by Crippen LogP contribution is -2.36. The molecule has 2 aromatic carbocycles. The third-order valence-electron chi connectivity index (χ3n) is 4.44. The minimum absolute atomic E-state index is 0.0398. The van der Waals surface area contributed by atoms with E-state index in [4.69, 9.17) is 16.3 Å². The molecule has 1 fully saturated rings. The SMILES string of the molecule is O=C(c1ccc(F)cc1)N1CCCN(CCOc2cccc(Cl)c2)CC1. The van der Waals surface area contributed by atoms with Crippen LogP contribution in [0.4, 0.5) is 4.39 Å². The maximum atomic E-state index is 13.0. The summed E-state index contributed by atoms with van der Waals surface area (Å²) in [6.07, 6.45) is 0.907. The van der Waals surface area contributed by atoms with Crippen LogP contribution in [0.5, 0.6) is 5.75 Å². The molecule has 6 heteroatoms. The molecule has 1 amide bonds. The third-order valence-corrected chi connectivity index (χ3v) is 4.67. The first-order valence-electron chi connectivity index (χ1n) is 8.77. The molecule has 0 aliphatic carbocycles. The lowest BCUT2D eigenvalue weighted by molar-refractivity contribution is 0.0760. The number of rotatable bonds is 5. The number of halogens is 2. The van der Waals surface area contributed by atoms with E-state index in [1.165, 1.54) is 12.1 Å². The molecule has 0 bridgehead atoms. The fourth-order valence-electron chi connectivity index (χ4n) is 3.02. The van der Waals surface area contributed by atoms with Crippen LogP contribution in [-0.2, 0) is 0 Å². The van der Waals surface area contributed by atoms with Crippen LogP contribution >= 0.6 is 11.6 Å². The standard InChI is InChI=1S/C20H22ClFN2O2/c21-17-3-1-4-19(15-17)26-14-13-23-9-2-10-24(12-11-23)20(25)16-5-7-18(22)8-6-16/h1,3-8,15H,2,9-14H2. The lowest BCUT2D eigenvalue weighted by atomic mass is 10.2. The monoisotopic (exact) mass is 376 g/mol. The summed E-state index contributed by atoms with van der Waals surface area (Å²) in [4.78, 5) is 16.7. The van der Waals surface area contributed by atoms with E-state index in [0.717, 1.165) is 31.8 Å². The molecule has 4 nitrogen and oxygen atoms in total. The van der Waals surface area contributed by atoms with Gasteiger partial charge in [-0.2, -0.15) is 0 Å². The maximum Gasteiger partial charge on any atom is 0.253 e. The van der Waals surface area contributed by atoms with Gasteiger partial charge in [0.05, 0.1) is 0 Å². The number of ether oxygens (including phenoxy) is 1. The second kappa shape index (κ2) is 9.01. The zero-order valence-electron chi connectivity index (χ0n) is 14.5. The van der Waals surface area contributed by atoms with Gasteiger partial charge in [0.15, 0.2) is 0 Å². The van der Waals surface area contributed by atoms with E-state index in [-0.39, 0.29) is 11.7 Å². The highest BCUT2D eigenvalue weighted by molar-refractivity contribution is 6.30. The van der Waals surface area contributed by atoms with Gasteiger partial charge in [-0.1, -0.05) is 17.7 Å². The second-order valence-corrected chi connectivity index (χ2v) is 6.74. The summed E-state index contributed by atoms with van der Waals surface area (Å²) in [6.45, 7) is 4.46. The van der Waals surface area contributed by atoms with Gasteiger partial charge < -0.3 is 9.64 Å². The van der Waals surface area contributed by atoms with Gasteiger partial charge in [0.25, 0.3) is 5.91 Å². The molecular weight excluding hydrogens is 355 g/mol. The summed E-state index contributed by atoms with van der Waals surface area (Å²) in [7, 11) is 0. The number of amides is 1. The van der Waals surface area contributed by atoms with Crippen molar-refractivity contribution in [2.24, 2.45) is 0 Å². The fraction of sp³-hybridized carbons (Fsp3) is 0.350. The summed E-state index contributed by atoms with van der Waals surface area (Å²) >= 11 is 5.95. The van der Waals surface area contributed by atoms with Crippen LogP contribution < -0.4 is 4.74 Å². The smallest absolute Gasteiger partial charge is 0.253 e. The summed E-state index contributed by atoms with van der Waals surface area (Å²) < 4.78 is 18.8. The van der Waals surface area contributed by atoms with Gasteiger partial charge in [-0.05, 0) is 48.9 Å². The van der Waals surface area contributed by atoms with Crippen molar-refractivity contribution in [3.63, 3.8) is 0 Å². The highest BCUT2D eigenvalue weighted by Crippen LogP contribution is 2.17. The molecule has 1 saturated heterocycles. The Morgan fingerprint density at radius 3 is 2.65 bits per heavy atom. The van der Waals surface area contributed by atoms with Crippen LogP contribution in [0.1, 0.15) is 16.8 Å². The minimum atomic E-state index is -0.330. The van der Waals surface area contributed by atoms with E-state index in [2.05, 4.69) is 4.90 Å². The van der Waals surface area contributed by atoms with Gasteiger partial charge >= 0.3 is 0 Å². The van der Waals surface area contributed by atoms with Gasteiger partial charge in [0.1, 0.15) is 18.2 Å². The summed E-state index contributed by atoms with van der Waals surface area (Å²) in [5.41, 5.74) is 0.532. The average Bonchev–Trinajstić information content (AvgIpc) is 2.88. The van der Waals surface area contributed by atoms with Crippen LogP contribution in [0, 0.1) is 5.82 Å². The van der Waals surface area contributed by atoms with Gasteiger partial charge in [-0.15, -0.1) is 0 Å². The minimum Gasteiger partial charge on any atom is -0.492 e. The number of carbonyl (C=O) groups excluding carboxylic acids is 1. The molecule has 0 saturated carbocycles. The zero-order valence-corrected chi connectivity index (χ0v) is 15.3. The van der Waals surface area contributed by atoms with Crippen LogP contribution in [0.3, 0.4) is 0 Å². The summed E-state index contributed by atoms with van der Waals surface area (Å²) in [6, 6.07) is 13.1. The van der Waals surface area contributed by atoms with E-state index < -0.39 is 0 Å². The first kappa shape index (κ1) is 18.7. The molecule has 3 rings (SSSR count). The van der Waals surface area contributed by atoms with Crippen molar-refractivity contribution in [3.05, 3.63) is 64.9 Å². The summed E-state index contributed by atoms with van der Waals surface area (Å²) in [5, 5.41) is 0.659. The Hall–Kier alpha value is -2.11. The summed E-state index contributed by atoms with van der Waals surface area (Å²) in [5.74, 6) is 0.394. The van der Waals surface area contributed by atoms with E-state index >= 15 is 0 Å². The maximum absolute atomic E-state index is 13.0. The van der Waals surface area contributed by atoms with Crippen molar-refractivity contribution in [1.29, 1.82) is 0 Å². The molecule has 0 radical (unpaired) electrons. The Kier molecular flexibility index (Phi) is 6.47. The molecule has 0 unspecified atom stereocenters. The van der Waals surface area contributed by atoms with Gasteiger partial charge in [0, 0.05) is 43.3 Å². The lowest BCUT2D eigenvalue weighted by Gasteiger charge is -2.22. The molecule has 0 N–H and O–H groups in total. The van der Waals surface area contributed by atoms with Crippen molar-refractivity contribution in [3.8, 4) is 5.75 Å². The molecule has 0 atom stereocenters. The second-order valence-electron chi connectivity index (χ2n) is 6.30. The predicted octanol–water partition coefficient (Wildman–Crippen LogP) is 3.71. The number of hydrogen-bond donors (Lipinski definition) is 0. The quantitative estimate of drug-likeness (QED) is 0.797. The largest absolute Gasteiger partial charge is 0.492 e. The highest BCUT2D eigenvalue weighted by atomic mass is 35.5. The van der Waals surface area contributed by atoms with Gasteiger partial charge in [-0.25, -0.2) is 4.39 Å². The highest BCUT2D eigenvalue weighted by Gasteiger charge is 2.20. The molecule has 1 heterocycles. The molecule has 0 aromatic heterocycles. The van der Waals surface area contributed by atoms with Gasteiger partial charge in [0.2, 0.25) is 0 Å². The number of benzene rings is 2. The average molecular weight is 377 g/mol. The van der Waals surface area contributed by atoms with E-state index in [0.29, 0.717) is 30.3 Å². The van der Waals surface area contributed by atoms with Crippen LogP contribution in [0.15, 0.2) is 48.5 Å². The fourth-order valence-corrected chi connectivity index (χ4v) is 3.20. The molecule has 1 aliphatic rings. The Labute approximate surface area is 158 Å². The topological polar surface area (TPSA) is 32.8 Å². The predicted molar refractivity (Wildman–Crippen MR) is 100 cm³/mol. The molecular formula is C20H22ClFN2O2. The van der Waals surface area contributed by atoms with Gasteiger partial charge in [-0.3, -0.25) is 9.69 Å². The Morgan fingerprint density at radius 1 is 1.08 bits per heavy atom. The van der Waals surface area contributed by atoms with Crippen molar-refractivity contribution < 1.29 is 13.9 Å². The normalized spacial score (nSPS) is 15.5. The van der Waals surface area contributed by atoms with Crippen molar-refractivity contribution in [2.45, 2.75) is 6.42 Å². The molecule has 138 valence electrons. The van der Waals surface area contributed by atoms with Crippen LogP contribution in [0.25, 0.3) is 0 Å². The number of hydrogen-bond acceptors (Lipinski definition) is 3. The van der Waals surface area contributed by atoms with Crippen molar-refractivity contribution in [1.82, 2.24) is 9.80 Å². The first-order valence-corrected chi connectivity index (χ1v) is 9.15. The Morgan fingerprint density at radius 2 is 1.88 bits per heavy atom. The van der Waals surface area contributed by atoms with E-state index in [1.54, 1.807) is 18.2 Å². The van der Waals surface area contributed by atoms with Crippen molar-refractivity contribution >= 4 is 17.5 Å². The van der Waals surface area contributed by atoms with Crippen LogP contribution in [-0.4, -0.2) is 55.0 Å². The number of carbonyl (C=O) groups is 1. The van der Waals surface area contributed by atoms with Crippen molar-refractivity contribution in [2.75, 3.05) is 39.3 Å². The molecule has 26 heavy (non-hydrogen) atoms. The molecule has 2 aromatic rings. The molecule has 1 aliphatic heterocycles. The zero-order chi connectivity index (χ0) is 18.4. The van der Waals surface area contributed by atoms with E-state index in [1.807, 2.05) is 23.1 Å². The molecule has 0 spiro atoms.